The van der Waals surface area contributed by atoms with Crippen LogP contribution in [-0.2, 0) is 4.79 Å². The molecular weight excluding hydrogens is 188 g/mol. The van der Waals surface area contributed by atoms with Crippen molar-refractivity contribution in [3.63, 3.8) is 0 Å². The number of amides is 1. The Balaban J connectivity index is 2.41. The molecular formula is C12H24N2O. The number of hydrogen-bond donors (Lipinski definition) is 1. The maximum atomic E-state index is 11.9. The molecule has 2 N–H and O–H groups in total. The van der Waals surface area contributed by atoms with Gasteiger partial charge in [0.05, 0.1) is 0 Å². The molecule has 1 heterocycles. The van der Waals surface area contributed by atoms with E-state index in [1.807, 2.05) is 4.90 Å². The average molecular weight is 212 g/mol. The lowest BCUT2D eigenvalue weighted by Crippen LogP contribution is -2.41. The van der Waals surface area contributed by atoms with Crippen molar-refractivity contribution in [2.45, 2.75) is 40.0 Å². The van der Waals surface area contributed by atoms with Crippen molar-refractivity contribution in [2.24, 2.45) is 17.1 Å². The van der Waals surface area contributed by atoms with E-state index in [-0.39, 0.29) is 11.3 Å². The van der Waals surface area contributed by atoms with E-state index in [0.717, 1.165) is 31.8 Å². The second-order valence-electron chi connectivity index (χ2n) is 5.61. The van der Waals surface area contributed by atoms with Gasteiger partial charge in [0.25, 0.3) is 0 Å². The summed E-state index contributed by atoms with van der Waals surface area (Å²) in [4.78, 5) is 13.9. The summed E-state index contributed by atoms with van der Waals surface area (Å²) in [5, 5.41) is 0. The Morgan fingerprint density at radius 3 is 2.40 bits per heavy atom. The Hall–Kier alpha value is -0.570. The molecule has 0 unspecified atom stereocenters. The van der Waals surface area contributed by atoms with Crippen LogP contribution in [0.15, 0.2) is 0 Å². The summed E-state index contributed by atoms with van der Waals surface area (Å²) in [5.74, 6) is 1.05. The minimum atomic E-state index is -0.0554. The Morgan fingerprint density at radius 2 is 1.93 bits per heavy atom. The van der Waals surface area contributed by atoms with Crippen molar-refractivity contribution < 1.29 is 4.79 Å². The zero-order chi connectivity index (χ0) is 11.5. The van der Waals surface area contributed by atoms with E-state index in [4.69, 9.17) is 5.73 Å². The third-order valence-corrected chi connectivity index (χ3v) is 3.32. The third-order valence-electron chi connectivity index (χ3n) is 3.32. The van der Waals surface area contributed by atoms with E-state index in [0.29, 0.717) is 13.0 Å². The van der Waals surface area contributed by atoms with Crippen LogP contribution in [-0.4, -0.2) is 30.4 Å². The molecule has 0 aliphatic carbocycles. The Bertz CT molecular complexity index is 218. The molecule has 1 saturated heterocycles. The van der Waals surface area contributed by atoms with E-state index in [1.165, 1.54) is 0 Å². The summed E-state index contributed by atoms with van der Waals surface area (Å²) in [6.45, 7) is 8.80. The topological polar surface area (TPSA) is 46.3 Å². The van der Waals surface area contributed by atoms with Gasteiger partial charge < -0.3 is 10.6 Å². The monoisotopic (exact) mass is 212 g/mol. The molecule has 0 atom stereocenters. The van der Waals surface area contributed by atoms with Crippen LogP contribution < -0.4 is 5.73 Å². The summed E-state index contributed by atoms with van der Waals surface area (Å²) >= 11 is 0. The molecule has 1 aliphatic rings. The number of piperidine rings is 1. The third kappa shape index (κ3) is 3.82. The largest absolute Gasteiger partial charge is 0.343 e. The number of carbonyl (C=O) groups is 1. The normalized spacial score (nSPS) is 19.3. The summed E-state index contributed by atoms with van der Waals surface area (Å²) in [5.41, 5.74) is 5.58. The van der Waals surface area contributed by atoms with Gasteiger partial charge in [0.1, 0.15) is 0 Å². The van der Waals surface area contributed by atoms with E-state index in [1.54, 1.807) is 0 Å². The van der Waals surface area contributed by atoms with Gasteiger partial charge in [-0.3, -0.25) is 4.79 Å². The number of rotatable bonds is 3. The fourth-order valence-electron chi connectivity index (χ4n) is 1.85. The number of nitrogens with two attached hydrogens (primary N) is 1. The molecule has 1 aliphatic heterocycles. The minimum Gasteiger partial charge on any atom is -0.343 e. The molecule has 0 spiro atoms. The predicted molar refractivity (Wildman–Crippen MR) is 62.4 cm³/mol. The molecule has 1 rings (SSSR count). The summed E-state index contributed by atoms with van der Waals surface area (Å²) < 4.78 is 0. The highest BCUT2D eigenvalue weighted by Gasteiger charge is 2.26. The average Bonchev–Trinajstić information content (AvgIpc) is 2.18. The minimum absolute atomic E-state index is 0.0554. The van der Waals surface area contributed by atoms with Crippen LogP contribution in [0.25, 0.3) is 0 Å². The van der Waals surface area contributed by atoms with Crippen LogP contribution in [0, 0.1) is 11.3 Å². The van der Waals surface area contributed by atoms with Crippen molar-refractivity contribution in [2.75, 3.05) is 19.6 Å². The molecule has 0 aromatic carbocycles. The molecule has 0 aromatic rings. The molecule has 0 bridgehead atoms. The van der Waals surface area contributed by atoms with Crippen LogP contribution in [0.1, 0.15) is 40.0 Å². The van der Waals surface area contributed by atoms with Gasteiger partial charge in [0.2, 0.25) is 5.91 Å². The van der Waals surface area contributed by atoms with Gasteiger partial charge in [-0.25, -0.2) is 0 Å². The lowest BCUT2D eigenvalue weighted by molar-refractivity contribution is -0.134. The molecule has 3 heteroatoms. The number of likely N-dealkylation sites (tertiary alicyclic amines) is 1. The maximum absolute atomic E-state index is 11.9. The van der Waals surface area contributed by atoms with Crippen LogP contribution in [0.4, 0.5) is 0 Å². The van der Waals surface area contributed by atoms with Crippen molar-refractivity contribution in [3.05, 3.63) is 0 Å². The Kier molecular flexibility index (Phi) is 4.14. The zero-order valence-corrected chi connectivity index (χ0v) is 10.3. The van der Waals surface area contributed by atoms with Gasteiger partial charge in [-0.05, 0) is 30.7 Å². The standard InChI is InChI=1S/C12H24N2O/c1-10-4-6-14(7-5-10)11(15)8-12(2,3)9-13/h10H,4-9,13H2,1-3H3. The molecule has 15 heavy (non-hydrogen) atoms. The first-order valence-corrected chi connectivity index (χ1v) is 5.92. The van der Waals surface area contributed by atoms with Crippen LogP contribution in [0.5, 0.6) is 0 Å². The first-order chi connectivity index (χ1) is 6.94. The van der Waals surface area contributed by atoms with Crippen molar-refractivity contribution in [3.8, 4) is 0 Å². The van der Waals surface area contributed by atoms with Crippen molar-refractivity contribution in [1.29, 1.82) is 0 Å². The molecule has 0 radical (unpaired) electrons. The maximum Gasteiger partial charge on any atom is 0.223 e. The lowest BCUT2D eigenvalue weighted by atomic mass is 9.88. The van der Waals surface area contributed by atoms with Gasteiger partial charge >= 0.3 is 0 Å². The Morgan fingerprint density at radius 1 is 1.40 bits per heavy atom. The molecule has 1 amide bonds. The molecule has 88 valence electrons. The smallest absolute Gasteiger partial charge is 0.223 e. The first-order valence-electron chi connectivity index (χ1n) is 5.92. The highest BCUT2D eigenvalue weighted by molar-refractivity contribution is 5.77. The summed E-state index contributed by atoms with van der Waals surface area (Å²) in [7, 11) is 0. The number of nitrogens with zero attached hydrogens (tertiary/aromatic N) is 1. The molecule has 0 saturated carbocycles. The summed E-state index contributed by atoms with van der Waals surface area (Å²) in [6, 6.07) is 0. The van der Waals surface area contributed by atoms with E-state index in [9.17, 15) is 4.79 Å². The molecule has 3 nitrogen and oxygen atoms in total. The fraction of sp³-hybridized carbons (Fsp3) is 0.917. The van der Waals surface area contributed by atoms with Gasteiger partial charge in [-0.1, -0.05) is 20.8 Å². The SMILES string of the molecule is CC1CCN(C(=O)CC(C)(C)CN)CC1. The van der Waals surface area contributed by atoms with Crippen molar-refractivity contribution in [1.82, 2.24) is 4.90 Å². The van der Waals surface area contributed by atoms with Gasteiger partial charge in [-0.2, -0.15) is 0 Å². The highest BCUT2D eigenvalue weighted by Crippen LogP contribution is 2.22. The predicted octanol–water partition coefficient (Wildman–Crippen LogP) is 1.62. The lowest BCUT2D eigenvalue weighted by Gasteiger charge is -2.33. The second-order valence-corrected chi connectivity index (χ2v) is 5.61. The zero-order valence-electron chi connectivity index (χ0n) is 10.3. The second kappa shape index (κ2) is 4.97. The van der Waals surface area contributed by atoms with Gasteiger partial charge in [-0.15, -0.1) is 0 Å². The van der Waals surface area contributed by atoms with Crippen LogP contribution >= 0.6 is 0 Å². The highest BCUT2D eigenvalue weighted by atomic mass is 16.2. The number of hydrogen-bond acceptors (Lipinski definition) is 2. The quantitative estimate of drug-likeness (QED) is 0.772. The summed E-state index contributed by atoms with van der Waals surface area (Å²) in [6.07, 6.45) is 2.88. The van der Waals surface area contributed by atoms with E-state index >= 15 is 0 Å². The van der Waals surface area contributed by atoms with E-state index in [2.05, 4.69) is 20.8 Å². The number of carbonyl (C=O) groups excluding carboxylic acids is 1. The molecule has 0 aromatic heterocycles. The van der Waals surface area contributed by atoms with Crippen LogP contribution in [0.3, 0.4) is 0 Å². The Labute approximate surface area is 93.0 Å². The molecule has 1 fully saturated rings. The fourth-order valence-corrected chi connectivity index (χ4v) is 1.85. The van der Waals surface area contributed by atoms with Gasteiger partial charge in [0.15, 0.2) is 0 Å². The van der Waals surface area contributed by atoms with Gasteiger partial charge in [0, 0.05) is 19.5 Å². The van der Waals surface area contributed by atoms with E-state index < -0.39 is 0 Å². The first kappa shape index (κ1) is 12.5. The van der Waals surface area contributed by atoms with Crippen molar-refractivity contribution >= 4 is 5.91 Å². The van der Waals surface area contributed by atoms with Crippen LogP contribution in [0.2, 0.25) is 0 Å².